The van der Waals surface area contributed by atoms with Crippen molar-refractivity contribution in [2.24, 2.45) is 0 Å². The van der Waals surface area contributed by atoms with Crippen LogP contribution in [0, 0.1) is 11.6 Å². The van der Waals surface area contributed by atoms with Gasteiger partial charge in [0.15, 0.2) is 0 Å². The quantitative estimate of drug-likeness (QED) is 0.926. The van der Waals surface area contributed by atoms with Gasteiger partial charge in [-0.2, -0.15) is 11.8 Å². The van der Waals surface area contributed by atoms with Gasteiger partial charge in [0.2, 0.25) is 0 Å². The molecule has 2 unspecified atom stereocenters. The van der Waals surface area contributed by atoms with Crippen LogP contribution in [0.25, 0.3) is 0 Å². The molecule has 2 aliphatic heterocycles. The number of halogens is 2. The second-order valence-corrected chi connectivity index (χ2v) is 6.75. The minimum atomic E-state index is -0.390. The fourth-order valence-electron chi connectivity index (χ4n) is 3.00. The van der Waals surface area contributed by atoms with Crippen LogP contribution in [-0.2, 0) is 11.3 Å². The molecule has 0 aromatic heterocycles. The highest BCUT2D eigenvalue weighted by Gasteiger charge is 2.40. The molecule has 1 aromatic carbocycles. The molecule has 1 N–H and O–H groups in total. The van der Waals surface area contributed by atoms with E-state index in [2.05, 4.69) is 5.32 Å². The fraction of sp³-hybridized carbons (Fsp3) is 0.600. The second-order valence-electron chi connectivity index (χ2n) is 5.64. The van der Waals surface area contributed by atoms with Crippen molar-refractivity contribution in [3.05, 3.63) is 35.4 Å². The molecule has 2 saturated heterocycles. The lowest BCUT2D eigenvalue weighted by molar-refractivity contribution is -0.0703. The van der Waals surface area contributed by atoms with Gasteiger partial charge >= 0.3 is 0 Å². The van der Waals surface area contributed by atoms with E-state index in [4.69, 9.17) is 4.74 Å². The van der Waals surface area contributed by atoms with E-state index >= 15 is 0 Å². The molecule has 0 radical (unpaired) electrons. The summed E-state index contributed by atoms with van der Waals surface area (Å²) >= 11 is 1.94. The predicted molar refractivity (Wildman–Crippen MR) is 76.8 cm³/mol. The Bertz CT molecular complexity index is 477. The lowest BCUT2D eigenvalue weighted by atomic mass is 9.90. The summed E-state index contributed by atoms with van der Waals surface area (Å²) in [4.78, 5) is 0. The average Bonchev–Trinajstić information content (AvgIpc) is 2.88. The van der Waals surface area contributed by atoms with E-state index in [1.807, 2.05) is 11.8 Å². The summed E-state index contributed by atoms with van der Waals surface area (Å²) < 4.78 is 32.7. The van der Waals surface area contributed by atoms with Crippen molar-refractivity contribution in [3.63, 3.8) is 0 Å². The third-order valence-electron chi connectivity index (χ3n) is 4.15. The zero-order valence-corrected chi connectivity index (χ0v) is 12.1. The molecule has 2 heterocycles. The molecular weight excluding hydrogens is 280 g/mol. The molecular formula is C15H19F2NOS. The topological polar surface area (TPSA) is 21.3 Å². The fourth-order valence-corrected chi connectivity index (χ4v) is 4.38. The Hall–Kier alpha value is -0.650. The van der Waals surface area contributed by atoms with Crippen molar-refractivity contribution < 1.29 is 13.5 Å². The van der Waals surface area contributed by atoms with Gasteiger partial charge in [-0.05, 0) is 43.2 Å². The van der Waals surface area contributed by atoms with E-state index in [9.17, 15) is 8.78 Å². The first-order chi connectivity index (χ1) is 9.67. The van der Waals surface area contributed by atoms with Crippen molar-refractivity contribution in [2.75, 3.05) is 18.1 Å². The highest BCUT2D eigenvalue weighted by molar-refractivity contribution is 7.99. The number of benzene rings is 1. The molecule has 0 aliphatic carbocycles. The summed E-state index contributed by atoms with van der Waals surface area (Å²) in [7, 11) is 0. The van der Waals surface area contributed by atoms with Crippen LogP contribution >= 0.6 is 11.8 Å². The molecule has 2 atom stereocenters. The average molecular weight is 299 g/mol. The van der Waals surface area contributed by atoms with Gasteiger partial charge in [0.25, 0.3) is 0 Å². The van der Waals surface area contributed by atoms with Crippen LogP contribution in [0.2, 0.25) is 0 Å². The smallest absolute Gasteiger partial charge is 0.127 e. The van der Waals surface area contributed by atoms with Gasteiger partial charge in [0, 0.05) is 30.5 Å². The molecule has 2 aliphatic rings. The van der Waals surface area contributed by atoms with Crippen LogP contribution in [0.3, 0.4) is 0 Å². The van der Waals surface area contributed by atoms with Gasteiger partial charge in [-0.25, -0.2) is 8.78 Å². The summed E-state index contributed by atoms with van der Waals surface area (Å²) in [6.45, 7) is 1.13. The van der Waals surface area contributed by atoms with Gasteiger partial charge < -0.3 is 10.1 Å². The molecule has 2 fully saturated rings. The molecule has 3 rings (SSSR count). The summed E-state index contributed by atoms with van der Waals surface area (Å²) in [5, 5.41) is 3.36. The van der Waals surface area contributed by atoms with Gasteiger partial charge in [-0.15, -0.1) is 0 Å². The minimum absolute atomic E-state index is 0.0149. The maximum absolute atomic E-state index is 13.6. The predicted octanol–water partition coefficient (Wildman–Crippen LogP) is 3.11. The highest BCUT2D eigenvalue weighted by Crippen LogP contribution is 2.38. The van der Waals surface area contributed by atoms with E-state index in [-0.39, 0.29) is 17.2 Å². The van der Waals surface area contributed by atoms with Gasteiger partial charge in [0.1, 0.15) is 11.6 Å². The van der Waals surface area contributed by atoms with E-state index in [0.29, 0.717) is 18.2 Å². The largest absolute Gasteiger partial charge is 0.374 e. The SMILES string of the molecule is Fc1ccc(F)c(CNC2CCOC3(CCSC3)C2)c1. The number of hydrogen-bond donors (Lipinski definition) is 1. The Morgan fingerprint density at radius 3 is 3.10 bits per heavy atom. The number of thioether (sulfide) groups is 1. The van der Waals surface area contributed by atoms with Crippen LogP contribution in [0.5, 0.6) is 0 Å². The van der Waals surface area contributed by atoms with Crippen molar-refractivity contribution in [3.8, 4) is 0 Å². The maximum atomic E-state index is 13.6. The molecule has 2 nitrogen and oxygen atoms in total. The van der Waals surface area contributed by atoms with Crippen LogP contribution in [0.1, 0.15) is 24.8 Å². The zero-order valence-electron chi connectivity index (χ0n) is 11.3. The van der Waals surface area contributed by atoms with Crippen LogP contribution in [0.15, 0.2) is 18.2 Å². The lowest BCUT2D eigenvalue weighted by Gasteiger charge is -2.38. The van der Waals surface area contributed by atoms with Crippen LogP contribution in [0.4, 0.5) is 8.78 Å². The Balaban J connectivity index is 1.59. The zero-order chi connectivity index (χ0) is 14.0. The van der Waals surface area contributed by atoms with Gasteiger partial charge in [-0.1, -0.05) is 0 Å². The molecule has 0 saturated carbocycles. The second kappa shape index (κ2) is 6.00. The lowest BCUT2D eigenvalue weighted by Crippen LogP contribution is -2.47. The number of rotatable bonds is 3. The monoisotopic (exact) mass is 299 g/mol. The van der Waals surface area contributed by atoms with Crippen molar-refractivity contribution in [1.82, 2.24) is 5.32 Å². The van der Waals surface area contributed by atoms with Gasteiger partial charge in [0.05, 0.1) is 5.60 Å². The van der Waals surface area contributed by atoms with E-state index in [1.165, 1.54) is 12.1 Å². The third kappa shape index (κ3) is 3.15. The normalized spacial score (nSPS) is 30.0. The van der Waals surface area contributed by atoms with Crippen molar-refractivity contribution in [1.29, 1.82) is 0 Å². The van der Waals surface area contributed by atoms with Crippen LogP contribution < -0.4 is 5.32 Å². The molecule has 1 aromatic rings. The van der Waals surface area contributed by atoms with Crippen molar-refractivity contribution >= 4 is 11.8 Å². The van der Waals surface area contributed by atoms with Crippen LogP contribution in [-0.4, -0.2) is 29.8 Å². The first-order valence-corrected chi connectivity index (χ1v) is 8.21. The van der Waals surface area contributed by atoms with Gasteiger partial charge in [-0.3, -0.25) is 0 Å². The number of ether oxygens (including phenoxy) is 1. The van der Waals surface area contributed by atoms with Crippen molar-refractivity contribution in [2.45, 2.75) is 37.5 Å². The Labute approximate surface area is 122 Å². The minimum Gasteiger partial charge on any atom is -0.374 e. The molecule has 110 valence electrons. The third-order valence-corrected chi connectivity index (χ3v) is 5.37. The van der Waals surface area contributed by atoms with E-state index < -0.39 is 0 Å². The van der Waals surface area contributed by atoms with E-state index in [1.54, 1.807) is 0 Å². The highest BCUT2D eigenvalue weighted by atomic mass is 32.2. The summed E-state index contributed by atoms with van der Waals surface area (Å²) in [5.41, 5.74) is 0.410. The first kappa shape index (κ1) is 14.3. The summed E-state index contributed by atoms with van der Waals surface area (Å²) in [6, 6.07) is 3.93. The Morgan fingerprint density at radius 1 is 1.40 bits per heavy atom. The van der Waals surface area contributed by atoms with E-state index in [0.717, 1.165) is 43.4 Å². The number of hydrogen-bond acceptors (Lipinski definition) is 3. The standard InChI is InChI=1S/C15H19F2NOS/c16-12-1-2-14(17)11(7-12)9-18-13-3-5-19-15(8-13)4-6-20-10-15/h1-2,7,13,18H,3-6,8-10H2. The maximum Gasteiger partial charge on any atom is 0.127 e. The molecule has 20 heavy (non-hydrogen) atoms. The Morgan fingerprint density at radius 2 is 2.30 bits per heavy atom. The Kier molecular flexibility index (Phi) is 4.29. The number of nitrogens with one attached hydrogen (secondary N) is 1. The molecule has 0 amide bonds. The molecule has 1 spiro atoms. The summed E-state index contributed by atoms with van der Waals surface area (Å²) in [5.74, 6) is 1.47. The summed E-state index contributed by atoms with van der Waals surface area (Å²) in [6.07, 6.45) is 3.00. The molecule has 5 heteroatoms. The first-order valence-electron chi connectivity index (χ1n) is 7.06. The molecule has 0 bridgehead atoms.